The first-order chi connectivity index (χ1) is 8.09. The molecule has 0 aromatic heterocycles. The Hall–Kier alpha value is -1.90. The van der Waals surface area contributed by atoms with Crippen LogP contribution in [0.1, 0.15) is 25.3 Å². The van der Waals surface area contributed by atoms with Crippen molar-refractivity contribution in [3.05, 3.63) is 41.2 Å². The fraction of sp³-hybridized carbons (Fsp3) is 0.286. The van der Waals surface area contributed by atoms with E-state index in [0.717, 1.165) is 11.3 Å². The second-order valence-corrected chi connectivity index (χ2v) is 4.22. The van der Waals surface area contributed by atoms with Gasteiger partial charge in [0.05, 0.1) is 17.0 Å². The largest absolute Gasteiger partial charge is 0.511 e. The van der Waals surface area contributed by atoms with Crippen LogP contribution in [0, 0.1) is 6.92 Å². The van der Waals surface area contributed by atoms with E-state index in [0.29, 0.717) is 24.1 Å². The topological polar surface area (TPSA) is 49.7 Å². The third-order valence-electron chi connectivity index (χ3n) is 2.90. The molecule has 0 atom stereocenters. The van der Waals surface area contributed by atoms with Crippen molar-refractivity contribution in [1.82, 2.24) is 0 Å². The summed E-state index contributed by atoms with van der Waals surface area (Å²) in [7, 11) is 0. The monoisotopic (exact) mass is 229 g/mol. The molecule has 3 heteroatoms. The number of aliphatic hydroxyl groups excluding tert-OH is 1. The Morgan fingerprint density at radius 3 is 2.65 bits per heavy atom. The van der Waals surface area contributed by atoms with Crippen molar-refractivity contribution in [2.45, 2.75) is 26.7 Å². The van der Waals surface area contributed by atoms with Crippen LogP contribution in [0.25, 0.3) is 0 Å². The van der Waals surface area contributed by atoms with Gasteiger partial charge in [-0.1, -0.05) is 18.2 Å². The summed E-state index contributed by atoms with van der Waals surface area (Å²) in [6.45, 7) is 3.44. The number of carbonyl (C=O) groups excluding carboxylic acids is 1. The standard InChI is InChI=1S/C14H15NO2/c1-9-5-3-4-6-11(9)15-12-7-8-13(17)14(12)10(2)16/h3-6,17H,7-8H2,1-2H3. The average Bonchev–Trinajstić information content (AvgIpc) is 2.63. The lowest BCUT2D eigenvalue weighted by atomic mass is 10.1. The number of allylic oxidation sites excluding steroid dienone is 2. The average molecular weight is 229 g/mol. The van der Waals surface area contributed by atoms with E-state index in [1.807, 2.05) is 31.2 Å². The van der Waals surface area contributed by atoms with Crippen LogP contribution in [-0.4, -0.2) is 16.6 Å². The number of aliphatic hydroxyl groups is 1. The van der Waals surface area contributed by atoms with Crippen molar-refractivity contribution in [2.24, 2.45) is 4.99 Å². The molecule has 0 saturated carbocycles. The highest BCUT2D eigenvalue weighted by molar-refractivity contribution is 6.24. The van der Waals surface area contributed by atoms with Crippen molar-refractivity contribution in [1.29, 1.82) is 0 Å². The minimum Gasteiger partial charge on any atom is -0.511 e. The smallest absolute Gasteiger partial charge is 0.165 e. The van der Waals surface area contributed by atoms with E-state index >= 15 is 0 Å². The molecule has 0 saturated heterocycles. The van der Waals surface area contributed by atoms with Crippen LogP contribution >= 0.6 is 0 Å². The minimum atomic E-state index is -0.118. The molecule has 0 unspecified atom stereocenters. The van der Waals surface area contributed by atoms with Gasteiger partial charge in [-0.3, -0.25) is 9.79 Å². The van der Waals surface area contributed by atoms with Gasteiger partial charge in [-0.2, -0.15) is 0 Å². The van der Waals surface area contributed by atoms with E-state index in [-0.39, 0.29) is 11.5 Å². The molecule has 0 aliphatic heterocycles. The maximum atomic E-state index is 11.4. The lowest BCUT2D eigenvalue weighted by molar-refractivity contribution is -0.113. The number of nitrogens with zero attached hydrogens (tertiary/aromatic N) is 1. The fourth-order valence-corrected chi connectivity index (χ4v) is 2.01. The van der Waals surface area contributed by atoms with Crippen LogP contribution in [0.2, 0.25) is 0 Å². The summed E-state index contributed by atoms with van der Waals surface area (Å²) in [5.41, 5.74) is 3.02. The van der Waals surface area contributed by atoms with Crippen LogP contribution in [0.15, 0.2) is 40.6 Å². The second-order valence-electron chi connectivity index (χ2n) is 4.22. The number of hydrogen-bond donors (Lipinski definition) is 1. The zero-order valence-electron chi connectivity index (χ0n) is 10.0. The molecule has 0 amide bonds. The molecule has 3 nitrogen and oxygen atoms in total. The van der Waals surface area contributed by atoms with E-state index in [4.69, 9.17) is 0 Å². The predicted octanol–water partition coefficient (Wildman–Crippen LogP) is 3.26. The third kappa shape index (κ3) is 2.28. The molecule has 2 rings (SSSR count). The maximum Gasteiger partial charge on any atom is 0.165 e. The van der Waals surface area contributed by atoms with Gasteiger partial charge in [-0.05, 0) is 31.9 Å². The summed E-state index contributed by atoms with van der Waals surface area (Å²) in [6.07, 6.45) is 1.15. The molecule has 0 fully saturated rings. The molecule has 1 aromatic rings. The summed E-state index contributed by atoms with van der Waals surface area (Å²) in [6, 6.07) is 7.76. The van der Waals surface area contributed by atoms with Crippen molar-refractivity contribution in [2.75, 3.05) is 0 Å². The van der Waals surface area contributed by atoms with E-state index in [9.17, 15) is 9.90 Å². The van der Waals surface area contributed by atoms with E-state index in [1.54, 1.807) is 0 Å². The van der Waals surface area contributed by atoms with Crippen LogP contribution in [0.4, 0.5) is 5.69 Å². The van der Waals surface area contributed by atoms with Crippen LogP contribution < -0.4 is 0 Å². The first kappa shape index (κ1) is 11.6. The van der Waals surface area contributed by atoms with Gasteiger partial charge < -0.3 is 5.11 Å². The molecule has 88 valence electrons. The van der Waals surface area contributed by atoms with Gasteiger partial charge in [0.25, 0.3) is 0 Å². The Morgan fingerprint density at radius 2 is 2.00 bits per heavy atom. The number of aryl methyl sites for hydroxylation is 1. The second kappa shape index (κ2) is 4.53. The number of rotatable bonds is 2. The highest BCUT2D eigenvalue weighted by Crippen LogP contribution is 2.27. The first-order valence-electron chi connectivity index (χ1n) is 5.66. The van der Waals surface area contributed by atoms with Crippen molar-refractivity contribution in [3.8, 4) is 0 Å². The first-order valence-corrected chi connectivity index (χ1v) is 5.66. The Labute approximate surface area is 101 Å². The van der Waals surface area contributed by atoms with Gasteiger partial charge in [0.15, 0.2) is 5.78 Å². The molecule has 1 aliphatic carbocycles. The molecule has 1 N–H and O–H groups in total. The summed E-state index contributed by atoms with van der Waals surface area (Å²) in [5, 5.41) is 9.66. The van der Waals surface area contributed by atoms with Gasteiger partial charge in [0, 0.05) is 6.42 Å². The summed E-state index contributed by atoms with van der Waals surface area (Å²) in [5.74, 6) is 0.0529. The number of hydrogen-bond acceptors (Lipinski definition) is 3. The Morgan fingerprint density at radius 1 is 1.29 bits per heavy atom. The Kier molecular flexibility index (Phi) is 3.09. The molecule has 0 bridgehead atoms. The molecular formula is C14H15NO2. The van der Waals surface area contributed by atoms with Gasteiger partial charge >= 0.3 is 0 Å². The normalized spacial score (nSPS) is 17.9. The predicted molar refractivity (Wildman–Crippen MR) is 67.8 cm³/mol. The number of Topliss-reactive ketones (excluding diaryl/α,β-unsaturated/α-hetero) is 1. The van der Waals surface area contributed by atoms with Gasteiger partial charge in [0.1, 0.15) is 5.76 Å². The van der Waals surface area contributed by atoms with E-state index < -0.39 is 0 Å². The van der Waals surface area contributed by atoms with E-state index in [1.165, 1.54) is 6.92 Å². The molecular weight excluding hydrogens is 214 g/mol. The lowest BCUT2D eigenvalue weighted by Crippen LogP contribution is -2.06. The van der Waals surface area contributed by atoms with Crippen LogP contribution in [-0.2, 0) is 4.79 Å². The summed E-state index contributed by atoms with van der Waals surface area (Å²) >= 11 is 0. The minimum absolute atomic E-state index is 0.118. The number of para-hydroxylation sites is 1. The van der Waals surface area contributed by atoms with Crippen molar-refractivity contribution >= 4 is 17.2 Å². The van der Waals surface area contributed by atoms with Crippen molar-refractivity contribution < 1.29 is 9.90 Å². The summed E-state index contributed by atoms with van der Waals surface area (Å²) < 4.78 is 0. The van der Waals surface area contributed by atoms with E-state index in [2.05, 4.69) is 4.99 Å². The Balaban J connectivity index is 2.43. The van der Waals surface area contributed by atoms with Crippen LogP contribution in [0.5, 0.6) is 0 Å². The number of benzene rings is 1. The zero-order valence-corrected chi connectivity index (χ0v) is 10.0. The SMILES string of the molecule is CC(=O)C1=C(O)CCC1=Nc1ccccc1C. The van der Waals surface area contributed by atoms with Gasteiger partial charge in [-0.25, -0.2) is 0 Å². The van der Waals surface area contributed by atoms with Gasteiger partial charge in [0.2, 0.25) is 0 Å². The number of carbonyl (C=O) groups is 1. The molecule has 1 aliphatic rings. The maximum absolute atomic E-state index is 11.4. The number of ketones is 1. The Bertz CT molecular complexity index is 527. The highest BCUT2D eigenvalue weighted by atomic mass is 16.3. The molecule has 17 heavy (non-hydrogen) atoms. The third-order valence-corrected chi connectivity index (χ3v) is 2.90. The van der Waals surface area contributed by atoms with Crippen LogP contribution in [0.3, 0.4) is 0 Å². The fourth-order valence-electron chi connectivity index (χ4n) is 2.01. The molecule has 1 aromatic carbocycles. The lowest BCUT2D eigenvalue weighted by Gasteiger charge is -2.03. The zero-order chi connectivity index (χ0) is 12.4. The molecule has 0 spiro atoms. The quantitative estimate of drug-likeness (QED) is 0.846. The summed E-state index contributed by atoms with van der Waals surface area (Å²) in [4.78, 5) is 15.9. The van der Waals surface area contributed by atoms with Gasteiger partial charge in [-0.15, -0.1) is 0 Å². The van der Waals surface area contributed by atoms with Crippen molar-refractivity contribution in [3.63, 3.8) is 0 Å². The number of aliphatic imine (C=N–C) groups is 1. The molecule has 0 heterocycles. The molecule has 0 radical (unpaired) electrons. The highest BCUT2D eigenvalue weighted by Gasteiger charge is 2.24.